The number of fused-ring (bicyclic) bond motifs is 2. The minimum atomic E-state index is 0. The molecule has 0 radical (unpaired) electrons. The van der Waals surface area contributed by atoms with Gasteiger partial charge < -0.3 is 19.5 Å². The van der Waals surface area contributed by atoms with Gasteiger partial charge in [0.15, 0.2) is 5.96 Å². The van der Waals surface area contributed by atoms with E-state index in [1.54, 1.807) is 0 Å². The molecule has 0 aromatic carbocycles. The molecule has 1 aromatic rings. The molecule has 0 amide bonds. The van der Waals surface area contributed by atoms with E-state index >= 15 is 0 Å². The molecule has 1 aromatic heterocycles. The Morgan fingerprint density at radius 3 is 2.88 bits per heavy atom. The van der Waals surface area contributed by atoms with E-state index in [-0.39, 0.29) is 24.0 Å². The molecule has 3 fully saturated rings. The summed E-state index contributed by atoms with van der Waals surface area (Å²) in [5, 5.41) is 3.79. The van der Waals surface area contributed by atoms with Crippen LogP contribution in [0.1, 0.15) is 31.4 Å². The van der Waals surface area contributed by atoms with Crippen LogP contribution < -0.4 is 5.32 Å². The monoisotopic (exact) mass is 444 g/mol. The molecule has 1 spiro atoms. The summed E-state index contributed by atoms with van der Waals surface area (Å²) in [6.07, 6.45) is 7.76. The van der Waals surface area contributed by atoms with Crippen molar-refractivity contribution < 1.29 is 4.74 Å². The van der Waals surface area contributed by atoms with Crippen molar-refractivity contribution in [2.75, 3.05) is 20.7 Å². The van der Waals surface area contributed by atoms with Crippen LogP contribution in [0.25, 0.3) is 0 Å². The lowest BCUT2D eigenvalue weighted by molar-refractivity contribution is -0.171. The van der Waals surface area contributed by atoms with Crippen molar-refractivity contribution >= 4 is 29.9 Å². The van der Waals surface area contributed by atoms with Crippen LogP contribution in [-0.2, 0) is 18.3 Å². The average molecular weight is 444 g/mol. The van der Waals surface area contributed by atoms with Crippen LogP contribution in [0.3, 0.4) is 0 Å². The Morgan fingerprint density at radius 1 is 1.50 bits per heavy atom. The lowest BCUT2D eigenvalue weighted by atomic mass is 9.46. The second-order valence-corrected chi connectivity index (χ2v) is 7.47. The number of nitrogens with zero attached hydrogens (tertiary/aromatic N) is 3. The summed E-state index contributed by atoms with van der Waals surface area (Å²) in [4.78, 5) is 6.77. The first-order valence-electron chi connectivity index (χ1n) is 8.82. The van der Waals surface area contributed by atoms with Crippen molar-refractivity contribution in [3.8, 4) is 0 Å². The number of halogens is 1. The third-order valence-electron chi connectivity index (χ3n) is 6.34. The number of nitrogens with one attached hydrogen (secondary N) is 1. The zero-order chi connectivity index (χ0) is 16.0. The maximum Gasteiger partial charge on any atom is 0.193 e. The smallest absolute Gasteiger partial charge is 0.193 e. The highest BCUT2D eigenvalue weighted by atomic mass is 127. The minimum Gasteiger partial charge on any atom is -0.377 e. The fourth-order valence-corrected chi connectivity index (χ4v) is 4.92. The molecule has 5 nitrogen and oxygen atoms in total. The van der Waals surface area contributed by atoms with Gasteiger partial charge in [-0.3, -0.25) is 4.99 Å². The van der Waals surface area contributed by atoms with E-state index in [9.17, 15) is 0 Å². The van der Waals surface area contributed by atoms with Crippen LogP contribution in [-0.4, -0.2) is 48.3 Å². The van der Waals surface area contributed by atoms with E-state index in [0.29, 0.717) is 23.5 Å². The fraction of sp³-hybridized carbons (Fsp3) is 0.722. The van der Waals surface area contributed by atoms with Crippen molar-refractivity contribution in [1.82, 2.24) is 14.8 Å². The Bertz CT molecular complexity index is 610. The second kappa shape index (κ2) is 6.86. The molecule has 1 aliphatic heterocycles. The van der Waals surface area contributed by atoms with Crippen LogP contribution in [0, 0.1) is 11.3 Å². The summed E-state index contributed by atoms with van der Waals surface area (Å²) < 4.78 is 8.19. The summed E-state index contributed by atoms with van der Waals surface area (Å²) in [6.45, 7) is 1.81. The minimum absolute atomic E-state index is 0. The third kappa shape index (κ3) is 2.66. The summed E-state index contributed by atoms with van der Waals surface area (Å²) in [5.74, 6) is 1.68. The Morgan fingerprint density at radius 2 is 2.29 bits per heavy atom. The van der Waals surface area contributed by atoms with Gasteiger partial charge in [0.05, 0.1) is 12.6 Å². The first kappa shape index (κ1) is 18.0. The predicted octanol–water partition coefficient (Wildman–Crippen LogP) is 2.61. The lowest BCUT2D eigenvalue weighted by Crippen LogP contribution is -2.72. The predicted molar refractivity (Wildman–Crippen MR) is 107 cm³/mol. The number of guanidine groups is 1. The van der Waals surface area contributed by atoms with Crippen LogP contribution >= 0.6 is 24.0 Å². The largest absolute Gasteiger partial charge is 0.377 e. The van der Waals surface area contributed by atoms with E-state index in [4.69, 9.17) is 4.74 Å². The zero-order valence-corrected chi connectivity index (χ0v) is 17.2. The Balaban J connectivity index is 0.00000169. The molecule has 2 saturated carbocycles. The lowest BCUT2D eigenvalue weighted by Gasteiger charge is -2.63. The second-order valence-electron chi connectivity index (χ2n) is 7.47. The van der Waals surface area contributed by atoms with Gasteiger partial charge in [-0.2, -0.15) is 0 Å². The highest BCUT2D eigenvalue weighted by Crippen LogP contribution is 2.62. The van der Waals surface area contributed by atoms with Crippen LogP contribution in [0.5, 0.6) is 0 Å². The molecule has 6 heteroatoms. The van der Waals surface area contributed by atoms with Crippen molar-refractivity contribution in [2.24, 2.45) is 23.4 Å². The van der Waals surface area contributed by atoms with E-state index in [0.717, 1.165) is 19.1 Å². The topological polar surface area (TPSA) is 41.8 Å². The van der Waals surface area contributed by atoms with Crippen LogP contribution in [0.4, 0.5) is 0 Å². The van der Waals surface area contributed by atoms with Gasteiger partial charge in [-0.15, -0.1) is 24.0 Å². The Kier molecular flexibility index (Phi) is 5.16. The number of hydrogen-bond donors (Lipinski definition) is 1. The van der Waals surface area contributed by atoms with E-state index < -0.39 is 0 Å². The number of aryl methyl sites for hydroxylation is 1. The molecular weight excluding hydrogens is 415 g/mol. The first-order chi connectivity index (χ1) is 11.2. The molecular formula is C18H29IN4O. The quantitative estimate of drug-likeness (QED) is 0.443. The number of hydrogen-bond acceptors (Lipinski definition) is 2. The molecule has 3 atom stereocenters. The maximum atomic E-state index is 6.02. The molecule has 4 rings (SSSR count). The SMILES string of the molecule is CN=C(NC1C2CCOC2C12CCC2)N(C)Cc1cccn1C.I. The molecule has 1 N–H and O–H groups in total. The Labute approximate surface area is 161 Å². The summed E-state index contributed by atoms with van der Waals surface area (Å²) in [6, 6.07) is 4.80. The highest BCUT2D eigenvalue weighted by Gasteiger charge is 2.66. The highest BCUT2D eigenvalue weighted by molar-refractivity contribution is 14.0. The van der Waals surface area contributed by atoms with Crippen LogP contribution in [0.2, 0.25) is 0 Å². The van der Waals surface area contributed by atoms with Gasteiger partial charge in [-0.05, 0) is 31.4 Å². The van der Waals surface area contributed by atoms with Gasteiger partial charge in [0.25, 0.3) is 0 Å². The average Bonchev–Trinajstić information content (AvgIpc) is 3.07. The van der Waals surface area contributed by atoms with Crippen molar-refractivity contribution in [1.29, 1.82) is 0 Å². The van der Waals surface area contributed by atoms with Crippen LogP contribution in [0.15, 0.2) is 23.3 Å². The van der Waals surface area contributed by atoms with E-state index in [1.165, 1.54) is 31.4 Å². The number of ether oxygens (including phenoxy) is 1. The Hall–Kier alpha value is -0.760. The normalized spacial score (nSPS) is 30.1. The standard InChI is InChI=1S/C18H28N4O.HI/c1-19-17(22(3)12-13-6-4-10-21(13)2)20-15-14-7-11-23-16(14)18(15)8-5-9-18;/h4,6,10,14-16H,5,7-9,11-12H2,1-3H3,(H,19,20);1H. The summed E-state index contributed by atoms with van der Waals surface area (Å²) in [7, 11) is 6.10. The van der Waals surface area contributed by atoms with Gasteiger partial charge in [0.2, 0.25) is 0 Å². The van der Waals surface area contributed by atoms with Gasteiger partial charge in [-0.25, -0.2) is 0 Å². The van der Waals surface area contributed by atoms with E-state index in [1.807, 2.05) is 7.05 Å². The summed E-state index contributed by atoms with van der Waals surface area (Å²) in [5.41, 5.74) is 1.69. The van der Waals surface area contributed by atoms with Crippen molar-refractivity contribution in [3.05, 3.63) is 24.0 Å². The molecule has 1 saturated heterocycles. The van der Waals surface area contributed by atoms with Crippen molar-refractivity contribution in [2.45, 2.75) is 44.4 Å². The first-order valence-corrected chi connectivity index (χ1v) is 8.82. The fourth-order valence-electron chi connectivity index (χ4n) is 4.92. The van der Waals surface area contributed by atoms with Gasteiger partial charge in [0, 0.05) is 57.0 Å². The van der Waals surface area contributed by atoms with Crippen molar-refractivity contribution in [3.63, 3.8) is 0 Å². The van der Waals surface area contributed by atoms with Gasteiger partial charge in [-0.1, -0.05) is 6.42 Å². The molecule has 2 aliphatic carbocycles. The number of aromatic nitrogens is 1. The molecule has 3 aliphatic rings. The van der Waals surface area contributed by atoms with Gasteiger partial charge >= 0.3 is 0 Å². The molecule has 0 bridgehead atoms. The molecule has 3 unspecified atom stereocenters. The maximum absolute atomic E-state index is 6.02. The third-order valence-corrected chi connectivity index (χ3v) is 6.34. The number of aliphatic imine (C=N–C) groups is 1. The number of rotatable bonds is 3. The molecule has 2 heterocycles. The molecule has 24 heavy (non-hydrogen) atoms. The summed E-state index contributed by atoms with van der Waals surface area (Å²) >= 11 is 0. The van der Waals surface area contributed by atoms with Gasteiger partial charge in [0.1, 0.15) is 0 Å². The molecule has 134 valence electrons. The zero-order valence-electron chi connectivity index (χ0n) is 14.9. The van der Waals surface area contributed by atoms with E-state index in [2.05, 4.69) is 52.2 Å².